The van der Waals surface area contributed by atoms with E-state index in [9.17, 15) is 63.1 Å². The fourth-order valence-corrected chi connectivity index (χ4v) is 4.81. The minimum atomic E-state index is -14.2. The molecule has 0 fully saturated rings. The van der Waals surface area contributed by atoms with Gasteiger partial charge < -0.3 is 0 Å². The van der Waals surface area contributed by atoms with E-state index in [2.05, 4.69) is 0 Å². The Labute approximate surface area is 127 Å². The van der Waals surface area contributed by atoms with Crippen LogP contribution in [0.1, 0.15) is 0 Å². The standard InChI is InChI=1S/12CN.Fe/c12*1-2;. The van der Waals surface area contributed by atoms with Gasteiger partial charge in [-0.05, 0) is 0 Å². The third-order valence-corrected chi connectivity index (χ3v) is 21.5. The Kier molecular flexibility index (Phi) is 0.825. The Balaban J connectivity index is 13.2. The molecule has 0 unspecified atom stereocenters. The van der Waals surface area contributed by atoms with Crippen molar-refractivity contribution in [1.29, 1.82) is 63.1 Å². The van der Waals surface area contributed by atoms with Crippen LogP contribution in [-0.4, -0.2) is 0 Å². The van der Waals surface area contributed by atoms with Crippen LogP contribution < -0.4 is 0 Å². The summed E-state index contributed by atoms with van der Waals surface area (Å²) >= 11 is 0. The van der Waals surface area contributed by atoms with Gasteiger partial charge in [0, 0.05) is 0 Å². The van der Waals surface area contributed by atoms with E-state index >= 15 is 0 Å². The summed E-state index contributed by atoms with van der Waals surface area (Å²) in [5.41, 5.74) is 0. The fourth-order valence-electron chi connectivity index (χ4n) is 1.17. The van der Waals surface area contributed by atoms with Crippen molar-refractivity contribution in [3.8, 4) is 59.6 Å². The van der Waals surface area contributed by atoms with Crippen molar-refractivity contribution in [2.45, 2.75) is 0 Å². The van der Waals surface area contributed by atoms with Gasteiger partial charge in [0.1, 0.15) is 0 Å². The van der Waals surface area contributed by atoms with Crippen LogP contribution in [0.5, 0.6) is 0 Å². The summed E-state index contributed by atoms with van der Waals surface area (Å²) in [7, 11) is 0. The van der Waals surface area contributed by atoms with Gasteiger partial charge >= 0.3 is 127 Å². The molecule has 13 heteroatoms. The average Bonchev–Trinajstić information content (AvgIpc) is 2.79. The second-order valence-electron chi connectivity index (χ2n) is 6.78. The van der Waals surface area contributed by atoms with Crippen LogP contribution >= 0.6 is 0 Å². The third-order valence-electron chi connectivity index (χ3n) is 5.22. The molecule has 0 rings (SSSR count). The van der Waals surface area contributed by atoms with Crippen molar-refractivity contribution in [3.63, 3.8) is 0 Å². The van der Waals surface area contributed by atoms with E-state index in [1.807, 2.05) is 0 Å². The molecule has 0 aliphatic heterocycles. The molecule has 0 aliphatic carbocycles. The zero-order valence-electron chi connectivity index (χ0n) is 11.7. The van der Waals surface area contributed by atoms with Crippen molar-refractivity contribution >= 4 is 0 Å². The normalized spacial score (nSPS) is 25.4. The second-order valence-corrected chi connectivity index (χ2v) is 28.0. The van der Waals surface area contributed by atoms with Crippen LogP contribution in [0, 0.1) is 123 Å². The molecule has 0 aliphatic rings. The van der Waals surface area contributed by atoms with Crippen molar-refractivity contribution in [1.82, 2.24) is 0 Å². The van der Waals surface area contributed by atoms with E-state index in [0.29, 0.717) is 0 Å². The number of hydrogen-bond acceptors (Lipinski definition) is 12. The fraction of sp³-hybridized carbons (Fsp3) is 0. The van der Waals surface area contributed by atoms with Gasteiger partial charge in [0.2, 0.25) is 0 Å². The molecule has 0 atom stereocenters. The van der Waals surface area contributed by atoms with Crippen molar-refractivity contribution < 1.29 is 4.40 Å². The van der Waals surface area contributed by atoms with Crippen LogP contribution in [0.4, 0.5) is 0 Å². The zero-order valence-corrected chi connectivity index (χ0v) is 12.8. The van der Waals surface area contributed by atoms with Crippen LogP contribution in [0.25, 0.3) is 0 Å². The van der Waals surface area contributed by atoms with E-state index in [1.54, 1.807) is 0 Å². The van der Waals surface area contributed by atoms with Gasteiger partial charge in [0.25, 0.3) is 0 Å². The molecule has 0 saturated carbocycles. The summed E-state index contributed by atoms with van der Waals surface area (Å²) in [5.74, 6) is 0. The van der Waals surface area contributed by atoms with E-state index < -0.39 is 4.40 Å². The molecular formula is C12FeN12. The first-order chi connectivity index (χ1) is 10.9. The first-order valence-electron chi connectivity index (χ1n) is 4.80. The van der Waals surface area contributed by atoms with Crippen LogP contribution in [0.15, 0.2) is 0 Å². The molecule has 25 heavy (non-hydrogen) atoms. The summed E-state index contributed by atoms with van der Waals surface area (Å²) in [6.45, 7) is 0. The van der Waals surface area contributed by atoms with Gasteiger partial charge in [-0.1, -0.05) is 0 Å². The van der Waals surface area contributed by atoms with E-state index in [4.69, 9.17) is 0 Å². The molecule has 116 valence electrons. The third kappa shape index (κ3) is 0.310. The number of hydrogen-bond donors (Lipinski definition) is 0. The molecule has 0 N–H and O–H groups in total. The molecule has 0 aromatic rings. The predicted molar refractivity (Wildman–Crippen MR) is 67.4 cm³/mol. The van der Waals surface area contributed by atoms with Crippen LogP contribution in [0.3, 0.4) is 0 Å². The molecule has 0 aromatic carbocycles. The van der Waals surface area contributed by atoms with Gasteiger partial charge in [0.15, 0.2) is 0 Å². The number of nitrogens with zero attached hydrogens (tertiary/aromatic N) is 12. The molecule has 12 nitrogen and oxygen atoms in total. The maximum atomic E-state index is 9.92. The first-order valence-corrected chi connectivity index (χ1v) is 11.4. The summed E-state index contributed by atoms with van der Waals surface area (Å²) in [4.78, 5) is -2.62. The summed E-state index contributed by atoms with van der Waals surface area (Å²) in [6, 6.07) is 0. The van der Waals surface area contributed by atoms with Gasteiger partial charge in [-0.25, -0.2) is 0 Å². The minimum absolute atomic E-state index is 0.219. The summed E-state index contributed by atoms with van der Waals surface area (Å²) < 4.78 is -14.2. The Morgan fingerprint density at radius 1 is 0.240 bits per heavy atom. The maximum absolute atomic E-state index is 14.2. The second kappa shape index (κ2) is 1.06. The molecular weight excluding hydrogens is 368 g/mol. The molecule has 0 heterocycles. The van der Waals surface area contributed by atoms with E-state index in [0.717, 1.165) is 0 Å². The molecule has 0 saturated heterocycles. The van der Waals surface area contributed by atoms with Gasteiger partial charge in [-0.15, -0.1) is 0 Å². The van der Waals surface area contributed by atoms with Gasteiger partial charge in [-0.3, -0.25) is 0 Å². The number of rotatable bonds is 0. The van der Waals surface area contributed by atoms with Crippen molar-refractivity contribution in [3.05, 3.63) is 0 Å². The Bertz CT molecular complexity index is 1220. The van der Waals surface area contributed by atoms with E-state index in [1.165, 1.54) is 0 Å². The van der Waals surface area contributed by atoms with Crippen molar-refractivity contribution in [2.75, 3.05) is 0 Å². The monoisotopic (exact) mass is 368 g/mol. The van der Waals surface area contributed by atoms with E-state index in [-0.39, 0.29) is 59.6 Å². The topological polar surface area (TPSA) is 285 Å². The van der Waals surface area contributed by atoms with Crippen LogP contribution in [0.2, 0.25) is 0 Å². The molecule has 0 radical (unpaired) electrons. The van der Waals surface area contributed by atoms with Crippen molar-refractivity contribution in [2.24, 2.45) is 0 Å². The quantitative estimate of drug-likeness (QED) is 0.517. The molecule has 0 amide bonds. The number of nitriles is 12. The van der Waals surface area contributed by atoms with Gasteiger partial charge in [-0.2, -0.15) is 0 Å². The van der Waals surface area contributed by atoms with Gasteiger partial charge in [0.05, 0.1) is 0 Å². The summed E-state index contributed by atoms with van der Waals surface area (Å²) in [6.07, 6.45) is 0. The predicted octanol–water partition coefficient (Wildman–Crippen LogP) is 0.199. The SMILES string of the molecule is N#[C][Fe]([C]#N)([C]#N)([C]#N)([C]#N)([C]#N)([C]#N)([C]#N)([C]#N)([C]#N)([C]#N)[C]#N. The molecule has 0 spiro atoms. The first kappa shape index (κ1) is 19.4. The van der Waals surface area contributed by atoms with Crippen LogP contribution in [-0.2, 0) is 4.40 Å². The molecule has 0 bridgehead atoms. The zero-order chi connectivity index (χ0) is 20.8. The Morgan fingerprint density at radius 2 is 0.320 bits per heavy atom. The molecule has 0 aromatic heterocycles. The average molecular weight is 368 g/mol. The Hall–Kier alpha value is -5.60. The Morgan fingerprint density at radius 3 is 0.320 bits per heavy atom. The summed E-state index contributed by atoms with van der Waals surface area (Å²) in [5, 5.41) is 119.